The van der Waals surface area contributed by atoms with Gasteiger partial charge in [-0.2, -0.15) is 0 Å². The molecule has 3 nitrogen and oxygen atoms in total. The lowest BCUT2D eigenvalue weighted by molar-refractivity contribution is -0.124. The van der Waals surface area contributed by atoms with Crippen molar-refractivity contribution in [3.63, 3.8) is 0 Å². The summed E-state index contributed by atoms with van der Waals surface area (Å²) in [4.78, 5) is 11.9. The fourth-order valence-corrected chi connectivity index (χ4v) is 2.20. The molecule has 0 aromatic rings. The van der Waals surface area contributed by atoms with Gasteiger partial charge >= 0.3 is 0 Å². The van der Waals surface area contributed by atoms with Gasteiger partial charge in [-0.25, -0.2) is 0 Å². The standard InChI is InChI=1S/C12H24N2O.C2H6/c1-4-14-11(12(15)9(2)3)7-10-5-6-13-8-10;1-2/h9-11,13-14H,4-8H2,1-3H3;1-2H3. The average molecular weight is 242 g/mol. The lowest BCUT2D eigenvalue weighted by Crippen LogP contribution is -2.40. The molecule has 1 saturated heterocycles. The molecule has 102 valence electrons. The summed E-state index contributed by atoms with van der Waals surface area (Å²) < 4.78 is 0. The Labute approximate surface area is 107 Å². The summed E-state index contributed by atoms with van der Waals surface area (Å²) in [7, 11) is 0. The Morgan fingerprint density at radius 2 is 2.06 bits per heavy atom. The number of nitrogens with one attached hydrogen (secondary N) is 2. The van der Waals surface area contributed by atoms with E-state index >= 15 is 0 Å². The summed E-state index contributed by atoms with van der Waals surface area (Å²) in [5, 5.41) is 6.66. The van der Waals surface area contributed by atoms with Gasteiger partial charge in [0.2, 0.25) is 0 Å². The Morgan fingerprint density at radius 3 is 2.47 bits per heavy atom. The predicted octanol–water partition coefficient (Wildman–Crippen LogP) is 2.22. The maximum absolute atomic E-state index is 11.9. The minimum atomic E-state index is 0.0694. The van der Waals surface area contributed by atoms with E-state index in [-0.39, 0.29) is 12.0 Å². The van der Waals surface area contributed by atoms with E-state index < -0.39 is 0 Å². The van der Waals surface area contributed by atoms with Gasteiger partial charge in [-0.05, 0) is 38.4 Å². The van der Waals surface area contributed by atoms with Crippen LogP contribution in [0.2, 0.25) is 0 Å². The molecule has 1 heterocycles. The van der Waals surface area contributed by atoms with Gasteiger partial charge in [-0.3, -0.25) is 4.79 Å². The van der Waals surface area contributed by atoms with Gasteiger partial charge in [-0.1, -0.05) is 34.6 Å². The number of hydrogen-bond acceptors (Lipinski definition) is 3. The molecule has 0 aromatic heterocycles. The van der Waals surface area contributed by atoms with Gasteiger partial charge in [-0.15, -0.1) is 0 Å². The van der Waals surface area contributed by atoms with Crippen LogP contribution in [0.15, 0.2) is 0 Å². The normalized spacial score (nSPS) is 20.9. The number of rotatable bonds is 6. The first kappa shape index (κ1) is 16.6. The fourth-order valence-electron chi connectivity index (χ4n) is 2.20. The van der Waals surface area contributed by atoms with Gasteiger partial charge in [0.1, 0.15) is 0 Å². The molecule has 0 saturated carbocycles. The van der Waals surface area contributed by atoms with Crippen LogP contribution in [0.3, 0.4) is 0 Å². The highest BCUT2D eigenvalue weighted by atomic mass is 16.1. The highest BCUT2D eigenvalue weighted by molar-refractivity contribution is 5.85. The molecular weight excluding hydrogens is 212 g/mol. The number of Topliss-reactive ketones (excluding diaryl/α,β-unsaturated/α-hetero) is 1. The molecule has 1 fully saturated rings. The molecule has 1 rings (SSSR count). The third-order valence-electron chi connectivity index (χ3n) is 3.09. The zero-order valence-electron chi connectivity index (χ0n) is 12.2. The third kappa shape index (κ3) is 6.18. The molecule has 2 N–H and O–H groups in total. The number of carbonyl (C=O) groups is 1. The molecule has 2 unspecified atom stereocenters. The van der Waals surface area contributed by atoms with E-state index in [1.165, 1.54) is 6.42 Å². The van der Waals surface area contributed by atoms with Gasteiger partial charge < -0.3 is 10.6 Å². The lowest BCUT2D eigenvalue weighted by Gasteiger charge is -2.21. The summed E-state index contributed by atoms with van der Waals surface area (Å²) in [6.07, 6.45) is 2.21. The molecule has 0 bridgehead atoms. The van der Waals surface area contributed by atoms with Crippen molar-refractivity contribution in [2.45, 2.75) is 53.5 Å². The van der Waals surface area contributed by atoms with Crippen LogP contribution in [0.1, 0.15) is 47.5 Å². The largest absolute Gasteiger partial charge is 0.316 e. The van der Waals surface area contributed by atoms with Crippen molar-refractivity contribution in [1.82, 2.24) is 10.6 Å². The molecule has 0 radical (unpaired) electrons. The van der Waals surface area contributed by atoms with E-state index in [4.69, 9.17) is 0 Å². The number of carbonyl (C=O) groups excluding carboxylic acids is 1. The van der Waals surface area contributed by atoms with Crippen molar-refractivity contribution < 1.29 is 4.79 Å². The molecular formula is C14H30N2O. The molecule has 1 aliphatic heterocycles. The minimum absolute atomic E-state index is 0.0694. The molecule has 0 aromatic carbocycles. The maximum Gasteiger partial charge on any atom is 0.152 e. The Balaban J connectivity index is 0.00000121. The third-order valence-corrected chi connectivity index (χ3v) is 3.09. The summed E-state index contributed by atoms with van der Waals surface area (Å²) in [6, 6.07) is 0.0694. The summed E-state index contributed by atoms with van der Waals surface area (Å²) in [6.45, 7) is 13.1. The van der Waals surface area contributed by atoms with Crippen LogP contribution in [0.5, 0.6) is 0 Å². The first-order valence-corrected chi connectivity index (χ1v) is 7.13. The first-order valence-electron chi connectivity index (χ1n) is 7.13. The summed E-state index contributed by atoms with van der Waals surface area (Å²) in [5.41, 5.74) is 0. The van der Waals surface area contributed by atoms with Crippen molar-refractivity contribution in [2.75, 3.05) is 19.6 Å². The second-order valence-corrected chi connectivity index (χ2v) is 4.76. The Kier molecular flexibility index (Phi) is 9.37. The Hall–Kier alpha value is -0.410. The molecule has 17 heavy (non-hydrogen) atoms. The maximum atomic E-state index is 11.9. The van der Waals surface area contributed by atoms with Crippen LogP contribution in [0, 0.1) is 11.8 Å². The van der Waals surface area contributed by atoms with Crippen LogP contribution in [0.4, 0.5) is 0 Å². The highest BCUT2D eigenvalue weighted by Crippen LogP contribution is 2.16. The van der Waals surface area contributed by atoms with E-state index in [0.29, 0.717) is 11.7 Å². The highest BCUT2D eigenvalue weighted by Gasteiger charge is 2.25. The molecule has 3 heteroatoms. The van der Waals surface area contributed by atoms with E-state index in [2.05, 4.69) is 17.6 Å². The van der Waals surface area contributed by atoms with Crippen LogP contribution in [-0.2, 0) is 4.79 Å². The van der Waals surface area contributed by atoms with E-state index in [1.54, 1.807) is 0 Å². The van der Waals surface area contributed by atoms with Crippen LogP contribution >= 0.6 is 0 Å². The zero-order valence-corrected chi connectivity index (χ0v) is 12.2. The zero-order chi connectivity index (χ0) is 13.3. The summed E-state index contributed by atoms with van der Waals surface area (Å²) in [5.74, 6) is 1.18. The van der Waals surface area contributed by atoms with Crippen molar-refractivity contribution in [3.8, 4) is 0 Å². The van der Waals surface area contributed by atoms with Crippen molar-refractivity contribution in [1.29, 1.82) is 0 Å². The second-order valence-electron chi connectivity index (χ2n) is 4.76. The summed E-state index contributed by atoms with van der Waals surface area (Å²) >= 11 is 0. The smallest absolute Gasteiger partial charge is 0.152 e. The molecule has 1 aliphatic rings. The van der Waals surface area contributed by atoms with Crippen LogP contribution in [0.25, 0.3) is 0 Å². The van der Waals surface area contributed by atoms with Crippen molar-refractivity contribution >= 4 is 5.78 Å². The number of likely N-dealkylation sites (N-methyl/N-ethyl adjacent to an activating group) is 1. The van der Waals surface area contributed by atoms with Crippen molar-refractivity contribution in [2.24, 2.45) is 11.8 Å². The van der Waals surface area contributed by atoms with Crippen molar-refractivity contribution in [3.05, 3.63) is 0 Å². The first-order chi connectivity index (χ1) is 8.15. The Bertz CT molecular complexity index is 198. The van der Waals surface area contributed by atoms with Gasteiger partial charge in [0.25, 0.3) is 0 Å². The second kappa shape index (κ2) is 9.60. The monoisotopic (exact) mass is 242 g/mol. The van der Waals surface area contributed by atoms with E-state index in [1.807, 2.05) is 27.7 Å². The van der Waals surface area contributed by atoms with Crippen LogP contribution in [-0.4, -0.2) is 31.5 Å². The van der Waals surface area contributed by atoms with Gasteiger partial charge in [0.05, 0.1) is 6.04 Å². The number of ketones is 1. The lowest BCUT2D eigenvalue weighted by atomic mass is 9.92. The predicted molar refractivity (Wildman–Crippen MR) is 74.3 cm³/mol. The topological polar surface area (TPSA) is 41.1 Å². The Morgan fingerprint density at radius 1 is 1.41 bits per heavy atom. The van der Waals surface area contributed by atoms with E-state index in [9.17, 15) is 4.79 Å². The van der Waals surface area contributed by atoms with Gasteiger partial charge in [0.15, 0.2) is 5.78 Å². The molecule has 0 spiro atoms. The minimum Gasteiger partial charge on any atom is -0.316 e. The fraction of sp³-hybridized carbons (Fsp3) is 0.929. The van der Waals surface area contributed by atoms with Gasteiger partial charge in [0, 0.05) is 5.92 Å². The molecule has 0 aliphatic carbocycles. The average Bonchev–Trinajstić information content (AvgIpc) is 2.83. The SMILES string of the molecule is CC.CCNC(CC1CCNC1)C(=O)C(C)C. The molecule has 0 amide bonds. The quantitative estimate of drug-likeness (QED) is 0.750. The van der Waals surface area contributed by atoms with E-state index in [0.717, 1.165) is 26.1 Å². The molecule has 2 atom stereocenters. The van der Waals surface area contributed by atoms with Crippen LogP contribution < -0.4 is 10.6 Å². The number of hydrogen-bond donors (Lipinski definition) is 2.